The van der Waals surface area contributed by atoms with Crippen molar-refractivity contribution in [3.63, 3.8) is 0 Å². The molecule has 2 aromatic rings. The predicted molar refractivity (Wildman–Crippen MR) is 71.8 cm³/mol. The summed E-state index contributed by atoms with van der Waals surface area (Å²) < 4.78 is 39.9. The summed E-state index contributed by atoms with van der Waals surface area (Å²) in [5.41, 5.74) is -0.0768. The number of aromatic nitrogens is 2. The van der Waals surface area contributed by atoms with Gasteiger partial charge >= 0.3 is 6.18 Å². The largest absolute Gasteiger partial charge is 0.416 e. The van der Waals surface area contributed by atoms with Crippen LogP contribution in [0.25, 0.3) is 11.4 Å². The molecule has 2 rings (SSSR count). The van der Waals surface area contributed by atoms with Crippen LogP contribution in [0.2, 0.25) is 0 Å². The van der Waals surface area contributed by atoms with E-state index in [1.807, 2.05) is 22.6 Å². The van der Waals surface area contributed by atoms with Gasteiger partial charge in [-0.05, 0) is 34.7 Å². The molecule has 0 atom stereocenters. The Hall–Kier alpha value is -1.38. The molecule has 3 nitrogen and oxygen atoms in total. The third-order valence-corrected chi connectivity index (χ3v) is 3.45. The summed E-state index contributed by atoms with van der Waals surface area (Å²) in [6.45, 7) is 0. The van der Waals surface area contributed by atoms with Crippen LogP contribution in [0.4, 0.5) is 13.2 Å². The molecule has 0 spiro atoms. The zero-order chi connectivity index (χ0) is 14.2. The smallest absolute Gasteiger partial charge is 0.324 e. The molecule has 100 valence electrons. The number of aldehydes is 1. The Kier molecular flexibility index (Phi) is 3.66. The van der Waals surface area contributed by atoms with Gasteiger partial charge in [0.15, 0.2) is 6.29 Å². The number of benzene rings is 1. The van der Waals surface area contributed by atoms with Crippen LogP contribution in [0.3, 0.4) is 0 Å². The van der Waals surface area contributed by atoms with E-state index in [1.165, 1.54) is 16.7 Å². The van der Waals surface area contributed by atoms with Crippen molar-refractivity contribution in [2.75, 3.05) is 0 Å². The Bertz CT molecular complexity index is 634. The molecule has 0 fully saturated rings. The number of hydrogen-bond acceptors (Lipinski definition) is 2. The van der Waals surface area contributed by atoms with E-state index in [1.54, 1.807) is 7.05 Å². The van der Waals surface area contributed by atoms with E-state index < -0.39 is 11.7 Å². The normalized spacial score (nSPS) is 11.6. The molecular weight excluding hydrogens is 372 g/mol. The van der Waals surface area contributed by atoms with Crippen molar-refractivity contribution >= 4 is 28.9 Å². The summed E-state index contributed by atoms with van der Waals surface area (Å²) in [7, 11) is 1.59. The van der Waals surface area contributed by atoms with Gasteiger partial charge in [0.05, 0.1) is 5.56 Å². The van der Waals surface area contributed by atoms with Crippen molar-refractivity contribution in [3.8, 4) is 11.4 Å². The zero-order valence-electron chi connectivity index (χ0n) is 9.70. The Labute approximate surface area is 120 Å². The lowest BCUT2D eigenvalue weighted by molar-refractivity contribution is -0.137. The van der Waals surface area contributed by atoms with Gasteiger partial charge < -0.3 is 4.57 Å². The summed E-state index contributed by atoms with van der Waals surface area (Å²) in [5.74, 6) is 0.331. The molecular formula is C12H8F3IN2O. The maximum absolute atomic E-state index is 12.6. The summed E-state index contributed by atoms with van der Waals surface area (Å²) in [5, 5.41) is 0. The van der Waals surface area contributed by atoms with Gasteiger partial charge in [0.2, 0.25) is 0 Å². The first kappa shape index (κ1) is 14.0. The van der Waals surface area contributed by atoms with Crippen LogP contribution in [0.5, 0.6) is 0 Å². The third-order valence-electron chi connectivity index (χ3n) is 2.65. The highest BCUT2D eigenvalue weighted by Crippen LogP contribution is 2.32. The molecule has 19 heavy (non-hydrogen) atoms. The van der Waals surface area contributed by atoms with Gasteiger partial charge in [0.25, 0.3) is 0 Å². The van der Waals surface area contributed by atoms with Crippen LogP contribution < -0.4 is 0 Å². The van der Waals surface area contributed by atoms with Gasteiger partial charge in [-0.25, -0.2) is 4.98 Å². The minimum Gasteiger partial charge on any atom is -0.324 e. The zero-order valence-corrected chi connectivity index (χ0v) is 11.9. The summed E-state index contributed by atoms with van der Waals surface area (Å²) >= 11 is 1.87. The molecule has 0 amide bonds. The van der Waals surface area contributed by atoms with Crippen LogP contribution >= 0.6 is 22.6 Å². The molecule has 0 radical (unpaired) electrons. The second kappa shape index (κ2) is 4.95. The van der Waals surface area contributed by atoms with Crippen LogP contribution in [-0.4, -0.2) is 15.8 Å². The topological polar surface area (TPSA) is 34.9 Å². The Morgan fingerprint density at radius 2 is 2.05 bits per heavy atom. The highest BCUT2D eigenvalue weighted by Gasteiger charge is 2.30. The number of rotatable bonds is 2. The number of alkyl halides is 3. The van der Waals surface area contributed by atoms with Gasteiger partial charge in [0.1, 0.15) is 15.2 Å². The molecule has 0 bridgehead atoms. The average molecular weight is 380 g/mol. The van der Waals surface area contributed by atoms with E-state index in [4.69, 9.17) is 0 Å². The summed E-state index contributed by atoms with van der Waals surface area (Å²) in [6, 6.07) is 4.87. The van der Waals surface area contributed by atoms with E-state index in [0.29, 0.717) is 27.1 Å². The average Bonchev–Trinajstić information content (AvgIpc) is 2.63. The van der Waals surface area contributed by atoms with Crippen molar-refractivity contribution < 1.29 is 18.0 Å². The maximum Gasteiger partial charge on any atom is 0.416 e. The van der Waals surface area contributed by atoms with Crippen molar-refractivity contribution in [3.05, 3.63) is 39.2 Å². The lowest BCUT2D eigenvalue weighted by Gasteiger charge is -2.08. The monoisotopic (exact) mass is 380 g/mol. The number of halogens is 4. The van der Waals surface area contributed by atoms with Crippen LogP contribution in [-0.2, 0) is 13.2 Å². The van der Waals surface area contributed by atoms with Crippen molar-refractivity contribution in [2.24, 2.45) is 7.05 Å². The van der Waals surface area contributed by atoms with E-state index in [-0.39, 0.29) is 0 Å². The molecule has 1 aromatic heterocycles. The van der Waals surface area contributed by atoms with Gasteiger partial charge in [-0.15, -0.1) is 0 Å². The molecule has 0 saturated carbocycles. The molecule has 0 aliphatic heterocycles. The van der Waals surface area contributed by atoms with Gasteiger partial charge in [0, 0.05) is 12.6 Å². The fraction of sp³-hybridized carbons (Fsp3) is 0.167. The Balaban J connectivity index is 2.57. The van der Waals surface area contributed by atoms with Crippen LogP contribution in [0.1, 0.15) is 16.1 Å². The second-order valence-electron chi connectivity index (χ2n) is 3.87. The van der Waals surface area contributed by atoms with E-state index in [9.17, 15) is 18.0 Å². The van der Waals surface area contributed by atoms with Gasteiger partial charge in [-0.1, -0.05) is 12.1 Å². The highest BCUT2D eigenvalue weighted by molar-refractivity contribution is 14.1. The fourth-order valence-corrected chi connectivity index (χ4v) is 2.42. The number of hydrogen-bond donors (Lipinski definition) is 0. The van der Waals surface area contributed by atoms with Crippen molar-refractivity contribution in [2.45, 2.75) is 6.18 Å². The maximum atomic E-state index is 12.6. The Morgan fingerprint density at radius 3 is 2.58 bits per heavy atom. The molecule has 0 N–H and O–H groups in total. The van der Waals surface area contributed by atoms with Gasteiger partial charge in [-0.2, -0.15) is 13.2 Å². The SMILES string of the molecule is Cn1c(-c2cccc(C(F)(F)F)c2)nc(I)c1C=O. The number of carbonyl (C=O) groups is 1. The number of carbonyl (C=O) groups excluding carboxylic acids is 1. The van der Waals surface area contributed by atoms with E-state index in [2.05, 4.69) is 4.98 Å². The predicted octanol–water partition coefficient (Wildman–Crippen LogP) is 3.52. The van der Waals surface area contributed by atoms with E-state index in [0.717, 1.165) is 12.1 Å². The lowest BCUT2D eigenvalue weighted by Crippen LogP contribution is -2.05. The summed E-state index contributed by atoms with van der Waals surface area (Å²) in [6.07, 6.45) is -3.77. The molecule has 0 aliphatic rings. The Morgan fingerprint density at radius 1 is 1.37 bits per heavy atom. The molecule has 0 aliphatic carbocycles. The summed E-state index contributed by atoms with van der Waals surface area (Å²) in [4.78, 5) is 15.0. The molecule has 0 saturated heterocycles. The standard InChI is InChI=1S/C12H8F3IN2O/c1-18-9(6-19)10(16)17-11(18)7-3-2-4-8(5-7)12(13,14)15/h2-6H,1H3. The first-order valence-electron chi connectivity index (χ1n) is 5.19. The van der Waals surface area contributed by atoms with Crippen LogP contribution in [0.15, 0.2) is 24.3 Å². The molecule has 7 heteroatoms. The fourth-order valence-electron chi connectivity index (χ4n) is 1.70. The lowest BCUT2D eigenvalue weighted by atomic mass is 10.1. The second-order valence-corrected chi connectivity index (χ2v) is 4.89. The first-order chi connectivity index (χ1) is 8.84. The minimum absolute atomic E-state index is 0.323. The molecule has 1 heterocycles. The quantitative estimate of drug-likeness (QED) is 0.591. The van der Waals surface area contributed by atoms with Gasteiger partial charge in [-0.3, -0.25) is 4.79 Å². The number of nitrogens with zero attached hydrogens (tertiary/aromatic N) is 2. The highest BCUT2D eigenvalue weighted by atomic mass is 127. The molecule has 0 unspecified atom stereocenters. The van der Waals surface area contributed by atoms with Crippen molar-refractivity contribution in [1.82, 2.24) is 9.55 Å². The number of imidazole rings is 1. The first-order valence-corrected chi connectivity index (χ1v) is 6.27. The third kappa shape index (κ3) is 2.65. The minimum atomic E-state index is -4.40. The molecule has 1 aromatic carbocycles. The van der Waals surface area contributed by atoms with Crippen LogP contribution in [0, 0.1) is 3.70 Å². The van der Waals surface area contributed by atoms with E-state index >= 15 is 0 Å². The van der Waals surface area contributed by atoms with Crippen molar-refractivity contribution in [1.29, 1.82) is 0 Å².